The molecule has 0 fully saturated rings. The van der Waals surface area contributed by atoms with Crippen molar-refractivity contribution >= 4 is 21.9 Å². The Bertz CT molecular complexity index is 564. The maximum absolute atomic E-state index is 13.0. The molecule has 0 atom stereocenters. The molecule has 0 amide bonds. The van der Waals surface area contributed by atoms with E-state index in [1.165, 1.54) is 12.1 Å². The number of hydrogen-bond acceptors (Lipinski definition) is 1. The summed E-state index contributed by atoms with van der Waals surface area (Å²) >= 11 is 3.30. The minimum absolute atomic E-state index is 0.0349. The van der Waals surface area contributed by atoms with Crippen LogP contribution in [-0.2, 0) is 0 Å². The largest absolute Gasteiger partial charge is 0.478 e. The monoisotopic (exact) mass is 294 g/mol. The molecule has 86 valence electrons. The molecule has 17 heavy (non-hydrogen) atoms. The maximum atomic E-state index is 13.0. The van der Waals surface area contributed by atoms with Crippen LogP contribution in [0.5, 0.6) is 0 Å². The number of aromatic carboxylic acids is 1. The molecule has 0 aliphatic carbocycles. The lowest BCUT2D eigenvalue weighted by Crippen LogP contribution is -2.00. The summed E-state index contributed by atoms with van der Waals surface area (Å²) in [6, 6.07) is 10.9. The lowest BCUT2D eigenvalue weighted by Gasteiger charge is -2.06. The normalized spacial score (nSPS) is 10.2. The van der Waals surface area contributed by atoms with E-state index in [2.05, 4.69) is 15.9 Å². The van der Waals surface area contributed by atoms with Gasteiger partial charge in [0.25, 0.3) is 0 Å². The van der Waals surface area contributed by atoms with Gasteiger partial charge in [-0.25, -0.2) is 9.18 Å². The fourth-order valence-corrected chi connectivity index (χ4v) is 1.84. The second-order valence-electron chi connectivity index (χ2n) is 3.50. The van der Waals surface area contributed by atoms with Crippen molar-refractivity contribution in [2.45, 2.75) is 0 Å². The molecular formula is C13H8BrFO2. The summed E-state index contributed by atoms with van der Waals surface area (Å²) in [7, 11) is 0. The number of benzene rings is 2. The van der Waals surface area contributed by atoms with Crippen LogP contribution in [0.4, 0.5) is 4.39 Å². The van der Waals surface area contributed by atoms with Crippen molar-refractivity contribution in [1.29, 1.82) is 0 Å². The van der Waals surface area contributed by atoms with E-state index in [1.807, 2.05) is 12.1 Å². The summed E-state index contributed by atoms with van der Waals surface area (Å²) in [6.45, 7) is 0. The van der Waals surface area contributed by atoms with Crippen molar-refractivity contribution in [2.24, 2.45) is 0 Å². The van der Waals surface area contributed by atoms with Gasteiger partial charge in [-0.05, 0) is 35.4 Å². The zero-order valence-electron chi connectivity index (χ0n) is 8.65. The van der Waals surface area contributed by atoms with E-state index in [1.54, 1.807) is 12.1 Å². The van der Waals surface area contributed by atoms with Crippen LogP contribution in [0.2, 0.25) is 0 Å². The van der Waals surface area contributed by atoms with E-state index < -0.39 is 11.8 Å². The third kappa shape index (κ3) is 2.53. The molecule has 2 rings (SSSR count). The van der Waals surface area contributed by atoms with Crippen LogP contribution in [0.15, 0.2) is 46.9 Å². The highest BCUT2D eigenvalue weighted by Gasteiger charge is 2.12. The van der Waals surface area contributed by atoms with Crippen molar-refractivity contribution < 1.29 is 14.3 Å². The summed E-state index contributed by atoms with van der Waals surface area (Å²) in [5.74, 6) is -1.69. The van der Waals surface area contributed by atoms with Crippen molar-refractivity contribution in [2.75, 3.05) is 0 Å². The Kier molecular flexibility index (Phi) is 3.24. The number of hydrogen-bond donors (Lipinski definition) is 1. The summed E-state index contributed by atoms with van der Waals surface area (Å²) in [4.78, 5) is 11.0. The van der Waals surface area contributed by atoms with E-state index in [-0.39, 0.29) is 5.56 Å². The lowest BCUT2D eigenvalue weighted by molar-refractivity contribution is 0.0697. The molecule has 0 aromatic heterocycles. The fraction of sp³-hybridized carbons (Fsp3) is 0. The van der Waals surface area contributed by atoms with Gasteiger partial charge in [-0.1, -0.05) is 34.1 Å². The Hall–Kier alpha value is -1.68. The zero-order chi connectivity index (χ0) is 12.4. The molecule has 4 heteroatoms. The van der Waals surface area contributed by atoms with Gasteiger partial charge in [0.1, 0.15) is 5.82 Å². The quantitative estimate of drug-likeness (QED) is 0.910. The molecule has 0 aliphatic heterocycles. The van der Waals surface area contributed by atoms with Gasteiger partial charge in [-0.2, -0.15) is 0 Å². The van der Waals surface area contributed by atoms with E-state index in [0.29, 0.717) is 5.56 Å². The summed E-state index contributed by atoms with van der Waals surface area (Å²) < 4.78 is 13.9. The standard InChI is InChI=1S/C13H8BrFO2/c14-9-3-1-8(2-4-9)11-6-5-10(15)7-12(11)13(16)17/h1-7H,(H,16,17). The summed E-state index contributed by atoms with van der Waals surface area (Å²) in [5.41, 5.74) is 1.21. The molecule has 0 unspecified atom stereocenters. The highest BCUT2D eigenvalue weighted by atomic mass is 79.9. The van der Waals surface area contributed by atoms with Gasteiger partial charge in [-0.3, -0.25) is 0 Å². The highest BCUT2D eigenvalue weighted by Crippen LogP contribution is 2.26. The van der Waals surface area contributed by atoms with Gasteiger partial charge in [-0.15, -0.1) is 0 Å². The zero-order valence-corrected chi connectivity index (χ0v) is 10.2. The smallest absolute Gasteiger partial charge is 0.336 e. The fourth-order valence-electron chi connectivity index (χ4n) is 1.57. The predicted molar refractivity (Wildman–Crippen MR) is 66.5 cm³/mol. The third-order valence-electron chi connectivity index (χ3n) is 2.37. The molecule has 0 bridgehead atoms. The van der Waals surface area contributed by atoms with E-state index >= 15 is 0 Å². The first-order valence-electron chi connectivity index (χ1n) is 4.87. The molecule has 0 saturated heterocycles. The van der Waals surface area contributed by atoms with Crippen molar-refractivity contribution in [3.8, 4) is 11.1 Å². The van der Waals surface area contributed by atoms with Gasteiger partial charge in [0, 0.05) is 4.47 Å². The Morgan fingerprint density at radius 2 is 1.76 bits per heavy atom. The molecule has 0 saturated carbocycles. The van der Waals surface area contributed by atoms with Crippen LogP contribution >= 0.6 is 15.9 Å². The Morgan fingerprint density at radius 1 is 1.12 bits per heavy atom. The molecular weight excluding hydrogens is 287 g/mol. The Labute approximate surface area is 106 Å². The molecule has 2 aromatic carbocycles. The van der Waals surface area contributed by atoms with Gasteiger partial charge in [0.05, 0.1) is 5.56 Å². The number of carboxylic acid groups (broad SMARTS) is 1. The minimum Gasteiger partial charge on any atom is -0.478 e. The minimum atomic E-state index is -1.14. The van der Waals surface area contributed by atoms with E-state index in [9.17, 15) is 9.18 Å². The topological polar surface area (TPSA) is 37.3 Å². The second-order valence-corrected chi connectivity index (χ2v) is 4.42. The van der Waals surface area contributed by atoms with Gasteiger partial charge in [0.15, 0.2) is 0 Å². The predicted octanol–water partition coefficient (Wildman–Crippen LogP) is 3.95. The molecule has 1 N–H and O–H groups in total. The molecule has 2 aromatic rings. The molecule has 0 spiro atoms. The second kappa shape index (κ2) is 4.67. The lowest BCUT2D eigenvalue weighted by atomic mass is 10.00. The maximum Gasteiger partial charge on any atom is 0.336 e. The first-order chi connectivity index (χ1) is 8.08. The van der Waals surface area contributed by atoms with Gasteiger partial charge >= 0.3 is 5.97 Å². The van der Waals surface area contributed by atoms with E-state index in [4.69, 9.17) is 5.11 Å². The third-order valence-corrected chi connectivity index (χ3v) is 2.90. The van der Waals surface area contributed by atoms with Crippen LogP contribution < -0.4 is 0 Å². The molecule has 0 radical (unpaired) electrons. The van der Waals surface area contributed by atoms with Gasteiger partial charge < -0.3 is 5.11 Å². The molecule has 0 heterocycles. The SMILES string of the molecule is O=C(O)c1cc(F)ccc1-c1ccc(Br)cc1. The average molecular weight is 295 g/mol. The number of rotatable bonds is 2. The molecule has 2 nitrogen and oxygen atoms in total. The van der Waals surface area contributed by atoms with Gasteiger partial charge in [0.2, 0.25) is 0 Å². The highest BCUT2D eigenvalue weighted by molar-refractivity contribution is 9.10. The van der Waals surface area contributed by atoms with Crippen molar-refractivity contribution in [1.82, 2.24) is 0 Å². The van der Waals surface area contributed by atoms with Crippen LogP contribution in [0.1, 0.15) is 10.4 Å². The van der Waals surface area contributed by atoms with Crippen molar-refractivity contribution in [3.05, 3.63) is 58.3 Å². The molecule has 0 aliphatic rings. The first-order valence-corrected chi connectivity index (χ1v) is 5.66. The number of halogens is 2. The Morgan fingerprint density at radius 3 is 2.35 bits per heavy atom. The number of carboxylic acids is 1. The van der Waals surface area contributed by atoms with Crippen molar-refractivity contribution in [3.63, 3.8) is 0 Å². The van der Waals surface area contributed by atoms with Crippen LogP contribution in [0, 0.1) is 5.82 Å². The number of carbonyl (C=O) groups is 1. The summed E-state index contributed by atoms with van der Waals surface area (Å²) in [5, 5.41) is 9.03. The van der Waals surface area contributed by atoms with Crippen LogP contribution in [0.3, 0.4) is 0 Å². The average Bonchev–Trinajstić information content (AvgIpc) is 2.30. The Balaban J connectivity index is 2.58. The van der Waals surface area contributed by atoms with Crippen LogP contribution in [0.25, 0.3) is 11.1 Å². The first kappa shape index (κ1) is 11.8. The van der Waals surface area contributed by atoms with E-state index in [0.717, 1.165) is 16.1 Å². The van der Waals surface area contributed by atoms with Crippen LogP contribution in [-0.4, -0.2) is 11.1 Å². The summed E-state index contributed by atoms with van der Waals surface area (Å²) in [6.07, 6.45) is 0.